The third kappa shape index (κ3) is 3.71. The maximum atomic E-state index is 13.5. The molecule has 126 valence electrons. The van der Waals surface area contributed by atoms with Gasteiger partial charge in [-0.25, -0.2) is 4.39 Å². The Kier molecular flexibility index (Phi) is 5.05. The highest BCUT2D eigenvalue weighted by Gasteiger charge is 2.31. The third-order valence-corrected chi connectivity index (χ3v) is 4.05. The highest BCUT2D eigenvalue weighted by Crippen LogP contribution is 2.24. The van der Waals surface area contributed by atoms with Crippen molar-refractivity contribution in [2.75, 3.05) is 19.6 Å². The molecule has 5 nitrogen and oxygen atoms in total. The Labute approximate surface area is 140 Å². The van der Waals surface area contributed by atoms with Crippen LogP contribution in [0.3, 0.4) is 0 Å². The molecule has 0 aliphatic carbocycles. The Balaban J connectivity index is 1.76. The minimum absolute atomic E-state index is 0.116. The van der Waals surface area contributed by atoms with Crippen LogP contribution in [0.15, 0.2) is 48.8 Å². The summed E-state index contributed by atoms with van der Waals surface area (Å²) in [4.78, 5) is 18.6. The molecule has 0 bridgehead atoms. The molecule has 1 saturated heterocycles. The maximum Gasteiger partial charge on any atom is 0.263 e. The number of benzene rings is 1. The number of aromatic nitrogens is 1. The van der Waals surface area contributed by atoms with Crippen LogP contribution in [-0.4, -0.2) is 41.5 Å². The first-order chi connectivity index (χ1) is 11.6. The van der Waals surface area contributed by atoms with Crippen LogP contribution in [-0.2, 0) is 4.79 Å². The fourth-order valence-electron chi connectivity index (χ4n) is 2.88. The van der Waals surface area contributed by atoms with Crippen LogP contribution in [0, 0.1) is 5.82 Å². The van der Waals surface area contributed by atoms with Gasteiger partial charge in [0.05, 0.1) is 12.2 Å². The molecular formula is C18H20FN3O2. The number of piperazine rings is 1. The molecule has 1 fully saturated rings. The number of rotatable bonds is 4. The molecule has 3 rings (SSSR count). The Bertz CT molecular complexity index is 696. The number of ether oxygens (including phenoxy) is 1. The molecule has 6 heteroatoms. The second-order valence-electron chi connectivity index (χ2n) is 5.76. The summed E-state index contributed by atoms with van der Waals surface area (Å²) in [5.74, 6) is 0.135. The minimum Gasteiger partial charge on any atom is -0.479 e. The van der Waals surface area contributed by atoms with Gasteiger partial charge in [-0.05, 0) is 36.8 Å². The van der Waals surface area contributed by atoms with Gasteiger partial charge in [-0.3, -0.25) is 9.78 Å². The van der Waals surface area contributed by atoms with E-state index in [1.54, 1.807) is 42.4 Å². The molecular weight excluding hydrogens is 309 g/mol. The van der Waals surface area contributed by atoms with Crippen molar-refractivity contribution < 1.29 is 13.9 Å². The zero-order chi connectivity index (χ0) is 16.9. The number of pyridine rings is 1. The van der Waals surface area contributed by atoms with E-state index in [1.165, 1.54) is 12.1 Å². The average molecular weight is 329 g/mol. The quantitative estimate of drug-likeness (QED) is 0.934. The summed E-state index contributed by atoms with van der Waals surface area (Å²) in [5, 5.41) is 3.26. The number of hydrogen-bond donors (Lipinski definition) is 1. The van der Waals surface area contributed by atoms with Crippen molar-refractivity contribution in [1.82, 2.24) is 15.2 Å². The first-order valence-corrected chi connectivity index (χ1v) is 7.98. The van der Waals surface area contributed by atoms with E-state index in [1.807, 2.05) is 6.07 Å². The van der Waals surface area contributed by atoms with Crippen molar-refractivity contribution in [1.29, 1.82) is 0 Å². The molecule has 1 aliphatic rings. The van der Waals surface area contributed by atoms with Crippen LogP contribution in [0.1, 0.15) is 18.5 Å². The lowest BCUT2D eigenvalue weighted by Gasteiger charge is -2.37. The van der Waals surface area contributed by atoms with Crippen LogP contribution < -0.4 is 10.1 Å². The first kappa shape index (κ1) is 16.4. The molecule has 1 aromatic carbocycles. The lowest BCUT2D eigenvalue weighted by molar-refractivity contribution is -0.141. The van der Waals surface area contributed by atoms with Gasteiger partial charge in [0.15, 0.2) is 6.10 Å². The molecule has 0 radical (unpaired) electrons. The second kappa shape index (κ2) is 7.40. The summed E-state index contributed by atoms with van der Waals surface area (Å²) in [7, 11) is 0. The fraction of sp³-hybridized carbons (Fsp3) is 0.333. The molecule has 0 saturated carbocycles. The molecule has 2 heterocycles. The van der Waals surface area contributed by atoms with Gasteiger partial charge >= 0.3 is 0 Å². The lowest BCUT2D eigenvalue weighted by atomic mass is 10.0. The van der Waals surface area contributed by atoms with Gasteiger partial charge < -0.3 is 15.0 Å². The lowest BCUT2D eigenvalue weighted by Crippen LogP contribution is -2.52. The minimum atomic E-state index is -0.636. The molecule has 0 spiro atoms. The summed E-state index contributed by atoms with van der Waals surface area (Å²) in [6, 6.07) is 9.70. The zero-order valence-corrected chi connectivity index (χ0v) is 13.5. The predicted octanol–water partition coefficient (Wildman–Crippen LogP) is 2.16. The standard InChI is InChI=1S/C18H20FN3O2/c1-13(24-16-6-3-7-20-11-16)18(23)22-9-8-21-12-17(22)14-4-2-5-15(19)10-14/h2-7,10-11,13,17,21H,8-9,12H2,1H3. The number of halogens is 1. The van der Waals surface area contributed by atoms with Gasteiger partial charge in [0, 0.05) is 25.8 Å². The van der Waals surface area contributed by atoms with E-state index in [4.69, 9.17) is 4.74 Å². The van der Waals surface area contributed by atoms with E-state index < -0.39 is 6.10 Å². The Morgan fingerprint density at radius 3 is 3.04 bits per heavy atom. The van der Waals surface area contributed by atoms with E-state index in [0.717, 1.165) is 5.56 Å². The molecule has 1 N–H and O–H groups in total. The van der Waals surface area contributed by atoms with E-state index in [9.17, 15) is 9.18 Å². The monoisotopic (exact) mass is 329 g/mol. The number of carbonyl (C=O) groups excluding carboxylic acids is 1. The summed E-state index contributed by atoms with van der Waals surface area (Å²) < 4.78 is 19.2. The van der Waals surface area contributed by atoms with Crippen molar-refractivity contribution >= 4 is 5.91 Å². The van der Waals surface area contributed by atoms with Gasteiger partial charge in [0.25, 0.3) is 5.91 Å². The van der Waals surface area contributed by atoms with Gasteiger partial charge in [-0.2, -0.15) is 0 Å². The Hall–Kier alpha value is -2.47. The molecule has 2 aromatic rings. The average Bonchev–Trinajstić information content (AvgIpc) is 2.62. The van der Waals surface area contributed by atoms with E-state index in [-0.39, 0.29) is 17.8 Å². The van der Waals surface area contributed by atoms with E-state index >= 15 is 0 Å². The zero-order valence-electron chi connectivity index (χ0n) is 13.5. The normalized spacial score (nSPS) is 18.9. The van der Waals surface area contributed by atoms with Crippen LogP contribution in [0.2, 0.25) is 0 Å². The molecule has 1 aromatic heterocycles. The van der Waals surface area contributed by atoms with Gasteiger partial charge in [0.2, 0.25) is 0 Å². The number of hydrogen-bond acceptors (Lipinski definition) is 4. The van der Waals surface area contributed by atoms with Gasteiger partial charge in [0.1, 0.15) is 11.6 Å². The summed E-state index contributed by atoms with van der Waals surface area (Å²) in [6.45, 7) is 3.58. The van der Waals surface area contributed by atoms with E-state index in [0.29, 0.717) is 25.4 Å². The second-order valence-corrected chi connectivity index (χ2v) is 5.76. The molecule has 24 heavy (non-hydrogen) atoms. The molecule has 1 aliphatic heterocycles. The van der Waals surface area contributed by atoms with E-state index in [2.05, 4.69) is 10.3 Å². The third-order valence-electron chi connectivity index (χ3n) is 4.05. The molecule has 2 atom stereocenters. The number of nitrogens with one attached hydrogen (secondary N) is 1. The number of carbonyl (C=O) groups is 1. The van der Waals surface area contributed by atoms with Crippen LogP contribution in [0.5, 0.6) is 5.75 Å². The number of nitrogens with zero attached hydrogens (tertiary/aromatic N) is 2. The largest absolute Gasteiger partial charge is 0.479 e. The fourth-order valence-corrected chi connectivity index (χ4v) is 2.88. The molecule has 1 amide bonds. The highest BCUT2D eigenvalue weighted by molar-refractivity contribution is 5.81. The smallest absolute Gasteiger partial charge is 0.263 e. The maximum absolute atomic E-state index is 13.5. The topological polar surface area (TPSA) is 54.5 Å². The summed E-state index contributed by atoms with van der Waals surface area (Å²) in [6.07, 6.45) is 2.59. The Morgan fingerprint density at radius 2 is 2.29 bits per heavy atom. The Morgan fingerprint density at radius 1 is 1.42 bits per heavy atom. The first-order valence-electron chi connectivity index (χ1n) is 7.98. The van der Waals surface area contributed by atoms with Crippen LogP contribution in [0.25, 0.3) is 0 Å². The summed E-state index contributed by atoms with van der Waals surface area (Å²) >= 11 is 0. The van der Waals surface area contributed by atoms with Crippen LogP contribution in [0.4, 0.5) is 4.39 Å². The van der Waals surface area contributed by atoms with Crippen molar-refractivity contribution in [2.45, 2.75) is 19.1 Å². The summed E-state index contributed by atoms with van der Waals surface area (Å²) in [5.41, 5.74) is 0.782. The van der Waals surface area contributed by atoms with Crippen molar-refractivity contribution in [3.05, 3.63) is 60.2 Å². The van der Waals surface area contributed by atoms with Crippen molar-refractivity contribution in [3.63, 3.8) is 0 Å². The predicted molar refractivity (Wildman–Crippen MR) is 88.1 cm³/mol. The van der Waals surface area contributed by atoms with Crippen molar-refractivity contribution in [2.24, 2.45) is 0 Å². The van der Waals surface area contributed by atoms with Gasteiger partial charge in [-0.1, -0.05) is 12.1 Å². The molecule has 2 unspecified atom stereocenters. The SMILES string of the molecule is CC(Oc1cccnc1)C(=O)N1CCNCC1c1cccc(F)c1. The van der Waals surface area contributed by atoms with Crippen molar-refractivity contribution in [3.8, 4) is 5.75 Å². The van der Waals surface area contributed by atoms with Gasteiger partial charge in [-0.15, -0.1) is 0 Å². The highest BCUT2D eigenvalue weighted by atomic mass is 19.1. The number of amides is 1. The van der Waals surface area contributed by atoms with Crippen LogP contribution >= 0.6 is 0 Å².